The van der Waals surface area contributed by atoms with Crippen LogP contribution in [0, 0.1) is 6.92 Å². The van der Waals surface area contributed by atoms with Gasteiger partial charge in [0.1, 0.15) is 0 Å². The van der Waals surface area contributed by atoms with Crippen molar-refractivity contribution >= 4 is 43.3 Å². The van der Waals surface area contributed by atoms with Crippen LogP contribution in [0.3, 0.4) is 0 Å². The maximum Gasteiger partial charge on any atom is 0.337 e. The van der Waals surface area contributed by atoms with Crippen molar-refractivity contribution in [3.8, 4) is 0 Å². The Kier molecular flexibility index (Phi) is 6.42. The summed E-state index contributed by atoms with van der Waals surface area (Å²) in [5, 5.41) is 9.08. The molecule has 0 spiro atoms. The highest BCUT2D eigenvalue weighted by molar-refractivity contribution is 7.92. The number of carboxylic acid groups (broad SMARTS) is 1. The van der Waals surface area contributed by atoms with E-state index in [0.717, 1.165) is 25.3 Å². The van der Waals surface area contributed by atoms with Gasteiger partial charge >= 0.3 is 5.97 Å². The first-order valence-electron chi connectivity index (χ1n) is 9.19. The standard InChI is InChI=1S/C19H21ClN2O6S2/c1-13-5-6-15(30(27,28)22-9-3-2-4-10-22)12-18(13)21-29(25,26)14-7-8-17(20)16(11-14)19(23)24/h5-8,11-12,21H,2-4,9-10H2,1H3,(H,23,24). The van der Waals surface area contributed by atoms with Gasteiger partial charge in [0.2, 0.25) is 10.0 Å². The first-order valence-corrected chi connectivity index (χ1v) is 12.5. The van der Waals surface area contributed by atoms with Crippen LogP contribution in [-0.4, -0.2) is 45.3 Å². The van der Waals surface area contributed by atoms with Crippen LogP contribution in [0.2, 0.25) is 5.02 Å². The zero-order valence-corrected chi connectivity index (χ0v) is 18.5. The van der Waals surface area contributed by atoms with Crippen molar-refractivity contribution in [3.63, 3.8) is 0 Å². The number of rotatable bonds is 6. The number of aryl methyl sites for hydroxylation is 1. The number of nitrogens with one attached hydrogen (secondary N) is 1. The summed E-state index contributed by atoms with van der Waals surface area (Å²) in [4.78, 5) is 10.9. The topological polar surface area (TPSA) is 121 Å². The number of hydrogen-bond acceptors (Lipinski definition) is 5. The Hall–Kier alpha value is -2.14. The number of benzene rings is 2. The number of anilines is 1. The predicted octanol–water partition coefficient (Wildman–Crippen LogP) is 3.32. The van der Waals surface area contributed by atoms with E-state index in [1.165, 1.54) is 34.6 Å². The van der Waals surface area contributed by atoms with Gasteiger partial charge in [-0.15, -0.1) is 0 Å². The lowest BCUT2D eigenvalue weighted by molar-refractivity contribution is 0.0696. The van der Waals surface area contributed by atoms with E-state index in [4.69, 9.17) is 16.7 Å². The van der Waals surface area contributed by atoms with E-state index in [-0.39, 0.29) is 26.1 Å². The van der Waals surface area contributed by atoms with Crippen molar-refractivity contribution in [1.82, 2.24) is 4.31 Å². The average Bonchev–Trinajstić information content (AvgIpc) is 2.70. The van der Waals surface area contributed by atoms with Crippen molar-refractivity contribution < 1.29 is 26.7 Å². The highest BCUT2D eigenvalue weighted by Crippen LogP contribution is 2.28. The minimum Gasteiger partial charge on any atom is -0.478 e. The fraction of sp³-hybridized carbons (Fsp3) is 0.316. The lowest BCUT2D eigenvalue weighted by Crippen LogP contribution is -2.35. The summed E-state index contributed by atoms with van der Waals surface area (Å²) >= 11 is 5.80. The van der Waals surface area contributed by atoms with Gasteiger partial charge in [0.05, 0.1) is 26.1 Å². The predicted molar refractivity (Wildman–Crippen MR) is 113 cm³/mol. The maximum absolute atomic E-state index is 12.9. The van der Waals surface area contributed by atoms with Crippen LogP contribution in [0.25, 0.3) is 0 Å². The molecule has 1 saturated heterocycles. The van der Waals surface area contributed by atoms with E-state index in [9.17, 15) is 21.6 Å². The Labute approximate surface area is 180 Å². The Morgan fingerprint density at radius 2 is 1.63 bits per heavy atom. The molecule has 11 heteroatoms. The van der Waals surface area contributed by atoms with Crippen molar-refractivity contribution in [2.75, 3.05) is 17.8 Å². The van der Waals surface area contributed by atoms with Gasteiger partial charge in [0.25, 0.3) is 10.0 Å². The maximum atomic E-state index is 12.9. The normalized spacial score (nSPS) is 15.7. The molecule has 0 atom stereocenters. The molecular weight excluding hydrogens is 452 g/mol. The van der Waals surface area contributed by atoms with Gasteiger partial charge in [-0.1, -0.05) is 24.1 Å². The largest absolute Gasteiger partial charge is 0.478 e. The fourth-order valence-electron chi connectivity index (χ4n) is 3.16. The molecule has 0 amide bonds. The summed E-state index contributed by atoms with van der Waals surface area (Å²) < 4.78 is 55.2. The molecule has 1 fully saturated rings. The number of sulfonamides is 2. The molecule has 0 radical (unpaired) electrons. The molecule has 0 bridgehead atoms. The number of hydrogen-bond donors (Lipinski definition) is 2. The number of carboxylic acids is 1. The van der Waals surface area contributed by atoms with Gasteiger partial charge in [0.15, 0.2) is 0 Å². The average molecular weight is 473 g/mol. The molecule has 2 aromatic rings. The van der Waals surface area contributed by atoms with Crippen molar-refractivity contribution in [2.24, 2.45) is 0 Å². The minimum atomic E-state index is -4.18. The zero-order valence-electron chi connectivity index (χ0n) is 16.1. The second kappa shape index (κ2) is 8.54. The van der Waals surface area contributed by atoms with Gasteiger partial charge in [0, 0.05) is 13.1 Å². The second-order valence-electron chi connectivity index (χ2n) is 6.99. The van der Waals surface area contributed by atoms with Crippen LogP contribution < -0.4 is 4.72 Å². The van der Waals surface area contributed by atoms with E-state index < -0.39 is 26.0 Å². The van der Waals surface area contributed by atoms with Crippen LogP contribution in [-0.2, 0) is 20.0 Å². The van der Waals surface area contributed by atoms with Gasteiger partial charge in [-0.2, -0.15) is 4.31 Å². The van der Waals surface area contributed by atoms with Crippen LogP contribution in [0.4, 0.5) is 5.69 Å². The van der Waals surface area contributed by atoms with Crippen molar-refractivity contribution in [1.29, 1.82) is 0 Å². The third kappa shape index (κ3) is 4.61. The SMILES string of the molecule is Cc1ccc(S(=O)(=O)N2CCCCC2)cc1NS(=O)(=O)c1ccc(Cl)c(C(=O)O)c1. The van der Waals surface area contributed by atoms with Gasteiger partial charge in [-0.05, 0) is 55.7 Å². The first kappa shape index (κ1) is 22.5. The summed E-state index contributed by atoms with van der Waals surface area (Å²) in [5.41, 5.74) is 0.265. The summed E-state index contributed by atoms with van der Waals surface area (Å²) in [6.07, 6.45) is 2.55. The van der Waals surface area contributed by atoms with Crippen LogP contribution in [0.15, 0.2) is 46.2 Å². The zero-order chi connectivity index (χ0) is 22.1. The second-order valence-corrected chi connectivity index (χ2v) is 11.0. The molecule has 8 nitrogen and oxygen atoms in total. The molecule has 162 valence electrons. The lowest BCUT2D eigenvalue weighted by Gasteiger charge is -2.26. The highest BCUT2D eigenvalue weighted by Gasteiger charge is 2.27. The van der Waals surface area contributed by atoms with Gasteiger partial charge in [-0.25, -0.2) is 21.6 Å². The molecule has 0 aliphatic carbocycles. The quantitative estimate of drug-likeness (QED) is 0.665. The summed E-state index contributed by atoms with van der Waals surface area (Å²) in [7, 11) is -7.92. The molecule has 1 heterocycles. The summed E-state index contributed by atoms with van der Waals surface area (Å²) in [5.74, 6) is -1.36. The molecule has 30 heavy (non-hydrogen) atoms. The Morgan fingerprint density at radius 1 is 1.00 bits per heavy atom. The molecular formula is C19H21ClN2O6S2. The van der Waals surface area contributed by atoms with E-state index in [1.54, 1.807) is 6.92 Å². The van der Waals surface area contributed by atoms with E-state index >= 15 is 0 Å². The van der Waals surface area contributed by atoms with E-state index in [1.807, 2.05) is 0 Å². The summed E-state index contributed by atoms with van der Waals surface area (Å²) in [6, 6.07) is 7.58. The minimum absolute atomic E-state index is 0.00460. The van der Waals surface area contributed by atoms with E-state index in [0.29, 0.717) is 18.7 Å². The van der Waals surface area contributed by atoms with Crippen LogP contribution in [0.5, 0.6) is 0 Å². The molecule has 1 aliphatic heterocycles. The number of aromatic carboxylic acids is 1. The third-order valence-electron chi connectivity index (χ3n) is 4.88. The first-order chi connectivity index (χ1) is 14.0. The fourth-order valence-corrected chi connectivity index (χ4v) is 6.05. The molecule has 0 aromatic heterocycles. The monoisotopic (exact) mass is 472 g/mol. The molecule has 3 rings (SSSR count). The Balaban J connectivity index is 1.96. The Morgan fingerprint density at radius 3 is 2.27 bits per heavy atom. The summed E-state index contributed by atoms with van der Waals surface area (Å²) in [6.45, 7) is 2.50. The number of carbonyl (C=O) groups is 1. The highest BCUT2D eigenvalue weighted by atomic mass is 35.5. The van der Waals surface area contributed by atoms with Gasteiger partial charge < -0.3 is 5.11 Å². The molecule has 2 N–H and O–H groups in total. The molecule has 0 saturated carbocycles. The molecule has 1 aliphatic rings. The van der Waals surface area contributed by atoms with Crippen LogP contribution >= 0.6 is 11.6 Å². The number of halogens is 1. The molecule has 0 unspecified atom stereocenters. The van der Waals surface area contributed by atoms with E-state index in [2.05, 4.69) is 4.72 Å². The lowest BCUT2D eigenvalue weighted by atomic mass is 10.2. The van der Waals surface area contributed by atoms with Crippen molar-refractivity contribution in [3.05, 3.63) is 52.5 Å². The smallest absolute Gasteiger partial charge is 0.337 e. The number of nitrogens with zero attached hydrogens (tertiary/aromatic N) is 1. The third-order valence-corrected chi connectivity index (χ3v) is 8.47. The molecule has 2 aromatic carbocycles. The van der Waals surface area contributed by atoms with Crippen molar-refractivity contribution in [2.45, 2.75) is 36.0 Å². The van der Waals surface area contributed by atoms with Gasteiger partial charge in [-0.3, -0.25) is 4.72 Å². The van der Waals surface area contributed by atoms with Crippen LogP contribution in [0.1, 0.15) is 35.2 Å². The Bertz CT molecular complexity index is 1190. The number of piperidine rings is 1.